The first-order valence-corrected chi connectivity index (χ1v) is 5.70. The first kappa shape index (κ1) is 12.2. The first-order valence-electron chi connectivity index (χ1n) is 5.29. The molecule has 5 heteroatoms. The van der Waals surface area contributed by atoms with E-state index >= 15 is 0 Å². The summed E-state index contributed by atoms with van der Waals surface area (Å²) in [6.45, 7) is 4.23. The molecule has 0 spiro atoms. The number of likely N-dealkylation sites (N-methyl/N-ethyl adjacent to an activating group) is 1. The molecule has 0 aromatic carbocycles. The highest BCUT2D eigenvalue weighted by molar-refractivity contribution is 7.80. The summed E-state index contributed by atoms with van der Waals surface area (Å²) in [4.78, 5) is 15.7. The van der Waals surface area contributed by atoms with Crippen LogP contribution in [0.5, 0.6) is 0 Å². The van der Waals surface area contributed by atoms with Gasteiger partial charge in [-0.1, -0.05) is 19.1 Å². The van der Waals surface area contributed by atoms with E-state index in [1.165, 1.54) is 6.42 Å². The number of nitrogens with two attached hydrogens (primary N) is 1. The molecule has 15 heavy (non-hydrogen) atoms. The van der Waals surface area contributed by atoms with Gasteiger partial charge in [0, 0.05) is 20.1 Å². The predicted molar refractivity (Wildman–Crippen MR) is 64.8 cm³/mol. The van der Waals surface area contributed by atoms with E-state index in [9.17, 15) is 4.79 Å². The number of likely N-dealkylation sites (tertiary alicyclic amines) is 1. The number of carbonyl (C=O) groups is 1. The number of nitrogens with zero attached hydrogens (tertiary/aromatic N) is 2. The molecule has 0 bridgehead atoms. The van der Waals surface area contributed by atoms with Crippen LogP contribution in [0.15, 0.2) is 0 Å². The van der Waals surface area contributed by atoms with Gasteiger partial charge in [0.05, 0.1) is 11.5 Å². The summed E-state index contributed by atoms with van der Waals surface area (Å²) in [6, 6.07) is 0.0364. The van der Waals surface area contributed by atoms with Crippen LogP contribution in [0.4, 0.5) is 4.79 Å². The fraction of sp³-hybridized carbons (Fsp3) is 0.800. The molecule has 0 aliphatic carbocycles. The molecule has 1 aliphatic rings. The molecular formula is C10H19N3OS. The van der Waals surface area contributed by atoms with Gasteiger partial charge >= 0.3 is 6.03 Å². The average Bonchev–Trinajstić information content (AvgIpc) is 2.15. The highest BCUT2D eigenvalue weighted by atomic mass is 32.1. The molecule has 1 saturated heterocycles. The maximum Gasteiger partial charge on any atom is 0.320 e. The van der Waals surface area contributed by atoms with Gasteiger partial charge in [-0.05, 0) is 18.8 Å². The van der Waals surface area contributed by atoms with Gasteiger partial charge in [0.25, 0.3) is 0 Å². The summed E-state index contributed by atoms with van der Waals surface area (Å²) in [5.41, 5.74) is 5.41. The number of hydrogen-bond acceptors (Lipinski definition) is 2. The molecule has 1 fully saturated rings. The third-order valence-corrected chi connectivity index (χ3v) is 2.78. The Morgan fingerprint density at radius 2 is 2.33 bits per heavy atom. The van der Waals surface area contributed by atoms with Crippen molar-refractivity contribution >= 4 is 23.2 Å². The van der Waals surface area contributed by atoms with Crippen molar-refractivity contribution in [1.82, 2.24) is 9.80 Å². The lowest BCUT2D eigenvalue weighted by Gasteiger charge is -2.33. The summed E-state index contributed by atoms with van der Waals surface area (Å²) in [5.74, 6) is 0.598. The number of carbonyl (C=O) groups excluding carboxylic acids is 1. The molecule has 0 saturated carbocycles. The standard InChI is InChI=1S/C10H19N3OS/c1-8-4-3-5-13(6-8)10(14)12(2)7-9(11)15/h8H,3-7H2,1-2H3,(H2,11,15). The van der Waals surface area contributed by atoms with E-state index in [0.29, 0.717) is 17.5 Å². The van der Waals surface area contributed by atoms with E-state index < -0.39 is 0 Å². The van der Waals surface area contributed by atoms with Crippen molar-refractivity contribution in [2.24, 2.45) is 11.7 Å². The second-order valence-corrected chi connectivity index (χ2v) is 4.82. The number of hydrogen-bond donors (Lipinski definition) is 1. The molecule has 1 atom stereocenters. The second-order valence-electron chi connectivity index (χ2n) is 4.30. The molecule has 1 aliphatic heterocycles. The van der Waals surface area contributed by atoms with Crippen LogP contribution in [0.1, 0.15) is 19.8 Å². The number of amides is 2. The third-order valence-electron chi connectivity index (χ3n) is 2.65. The van der Waals surface area contributed by atoms with Crippen molar-refractivity contribution in [1.29, 1.82) is 0 Å². The molecule has 0 radical (unpaired) electrons. The molecule has 1 unspecified atom stereocenters. The fourth-order valence-electron chi connectivity index (χ4n) is 1.91. The van der Waals surface area contributed by atoms with Gasteiger partial charge in [-0.3, -0.25) is 0 Å². The monoisotopic (exact) mass is 229 g/mol. The lowest BCUT2D eigenvalue weighted by Crippen LogP contribution is -2.47. The summed E-state index contributed by atoms with van der Waals surface area (Å²) in [7, 11) is 1.74. The molecule has 0 aromatic rings. The van der Waals surface area contributed by atoms with Crippen LogP contribution in [0.25, 0.3) is 0 Å². The Hall–Kier alpha value is -0.840. The topological polar surface area (TPSA) is 49.6 Å². The zero-order chi connectivity index (χ0) is 11.4. The molecule has 2 amide bonds. The lowest BCUT2D eigenvalue weighted by molar-refractivity contribution is 0.144. The predicted octanol–water partition coefficient (Wildman–Crippen LogP) is 1.06. The molecule has 1 rings (SSSR count). The van der Waals surface area contributed by atoms with Gasteiger partial charge in [-0.2, -0.15) is 0 Å². The molecule has 86 valence electrons. The van der Waals surface area contributed by atoms with Gasteiger partial charge in [0.1, 0.15) is 0 Å². The molecular weight excluding hydrogens is 210 g/mol. The Morgan fingerprint density at radius 1 is 1.67 bits per heavy atom. The minimum atomic E-state index is 0.0364. The molecule has 4 nitrogen and oxygen atoms in total. The van der Waals surface area contributed by atoms with Gasteiger partial charge in [0.2, 0.25) is 0 Å². The Labute approximate surface area is 96.4 Å². The van der Waals surface area contributed by atoms with E-state index in [2.05, 4.69) is 6.92 Å². The van der Waals surface area contributed by atoms with Crippen LogP contribution in [0.2, 0.25) is 0 Å². The molecule has 0 aromatic heterocycles. The van der Waals surface area contributed by atoms with Crippen LogP contribution in [0, 0.1) is 5.92 Å². The minimum absolute atomic E-state index is 0.0364. The number of piperidine rings is 1. The third kappa shape index (κ3) is 3.66. The highest BCUT2D eigenvalue weighted by Crippen LogP contribution is 2.16. The zero-order valence-corrected chi connectivity index (χ0v) is 10.2. The Balaban J connectivity index is 2.47. The first-order chi connectivity index (χ1) is 7.00. The van der Waals surface area contributed by atoms with Crippen molar-refractivity contribution in [2.45, 2.75) is 19.8 Å². The van der Waals surface area contributed by atoms with Crippen molar-refractivity contribution in [3.8, 4) is 0 Å². The average molecular weight is 229 g/mol. The van der Waals surface area contributed by atoms with Crippen LogP contribution >= 0.6 is 12.2 Å². The van der Waals surface area contributed by atoms with Gasteiger partial charge in [-0.25, -0.2) is 4.79 Å². The Morgan fingerprint density at radius 3 is 2.87 bits per heavy atom. The van der Waals surface area contributed by atoms with E-state index in [1.807, 2.05) is 4.90 Å². The molecule has 1 heterocycles. The van der Waals surface area contributed by atoms with Crippen LogP contribution in [-0.4, -0.2) is 47.5 Å². The van der Waals surface area contributed by atoms with Gasteiger partial charge < -0.3 is 15.5 Å². The summed E-state index contributed by atoms with van der Waals surface area (Å²) >= 11 is 4.78. The van der Waals surface area contributed by atoms with Gasteiger partial charge in [0.15, 0.2) is 0 Å². The SMILES string of the molecule is CC1CCCN(C(=O)N(C)CC(N)=S)C1. The maximum absolute atomic E-state index is 11.9. The number of rotatable bonds is 2. The van der Waals surface area contributed by atoms with Crippen LogP contribution < -0.4 is 5.73 Å². The summed E-state index contributed by atoms with van der Waals surface area (Å²) < 4.78 is 0. The Kier molecular flexibility index (Phi) is 4.32. The zero-order valence-electron chi connectivity index (χ0n) is 9.40. The maximum atomic E-state index is 11.9. The number of urea groups is 1. The normalized spacial score (nSPS) is 21.2. The smallest absolute Gasteiger partial charge is 0.320 e. The van der Waals surface area contributed by atoms with Crippen molar-refractivity contribution in [3.05, 3.63) is 0 Å². The van der Waals surface area contributed by atoms with E-state index in [1.54, 1.807) is 11.9 Å². The second kappa shape index (κ2) is 5.30. The Bertz CT molecular complexity index is 257. The van der Waals surface area contributed by atoms with Crippen molar-refractivity contribution < 1.29 is 4.79 Å². The highest BCUT2D eigenvalue weighted by Gasteiger charge is 2.23. The minimum Gasteiger partial charge on any atom is -0.392 e. The summed E-state index contributed by atoms with van der Waals surface area (Å²) in [6.07, 6.45) is 2.30. The van der Waals surface area contributed by atoms with Crippen LogP contribution in [0.3, 0.4) is 0 Å². The van der Waals surface area contributed by atoms with Crippen molar-refractivity contribution in [2.75, 3.05) is 26.7 Å². The van der Waals surface area contributed by atoms with E-state index in [-0.39, 0.29) is 6.03 Å². The summed E-state index contributed by atoms with van der Waals surface area (Å²) in [5, 5.41) is 0. The quantitative estimate of drug-likeness (QED) is 0.720. The van der Waals surface area contributed by atoms with Crippen molar-refractivity contribution in [3.63, 3.8) is 0 Å². The number of thiocarbonyl (C=S) groups is 1. The lowest BCUT2D eigenvalue weighted by atomic mass is 10.0. The van der Waals surface area contributed by atoms with Gasteiger partial charge in [-0.15, -0.1) is 0 Å². The molecule has 2 N–H and O–H groups in total. The van der Waals surface area contributed by atoms with E-state index in [4.69, 9.17) is 18.0 Å². The fourth-order valence-corrected chi connectivity index (χ4v) is 2.10. The largest absolute Gasteiger partial charge is 0.392 e. The van der Waals surface area contributed by atoms with E-state index in [0.717, 1.165) is 19.5 Å². The van der Waals surface area contributed by atoms with Crippen LogP contribution in [-0.2, 0) is 0 Å².